The molecule has 1 aromatic carbocycles. The highest BCUT2D eigenvalue weighted by atomic mass is 16.6. The van der Waals surface area contributed by atoms with Gasteiger partial charge in [0, 0.05) is 5.56 Å². The molecule has 0 amide bonds. The van der Waals surface area contributed by atoms with Crippen LogP contribution in [0.25, 0.3) is 0 Å². The van der Waals surface area contributed by atoms with Crippen LogP contribution >= 0.6 is 0 Å². The third-order valence-electron chi connectivity index (χ3n) is 2.10. The molecule has 1 radical (unpaired) electrons. The first-order valence-corrected chi connectivity index (χ1v) is 4.36. The van der Waals surface area contributed by atoms with Gasteiger partial charge in [-0.25, -0.2) is 0 Å². The van der Waals surface area contributed by atoms with Gasteiger partial charge < -0.3 is 14.2 Å². The maximum absolute atomic E-state index is 10.8. The number of nitro benzene ring substituents is 1. The van der Waals surface area contributed by atoms with Gasteiger partial charge in [-0.2, -0.15) is 0 Å². The molecule has 0 spiro atoms. The van der Waals surface area contributed by atoms with Crippen LogP contribution in [0.2, 0.25) is 0 Å². The monoisotopic (exact) mass is 226 g/mol. The predicted molar refractivity (Wildman–Crippen MR) is 57.2 cm³/mol. The fourth-order valence-corrected chi connectivity index (χ4v) is 1.37. The lowest BCUT2D eigenvalue weighted by molar-refractivity contribution is -0.385. The first kappa shape index (κ1) is 12.1. The number of hydrogen-bond acceptors (Lipinski definition) is 5. The molecule has 0 aliphatic carbocycles. The van der Waals surface area contributed by atoms with Crippen molar-refractivity contribution in [3.8, 4) is 17.2 Å². The van der Waals surface area contributed by atoms with E-state index in [0.717, 1.165) is 0 Å². The number of benzene rings is 1. The average molecular weight is 226 g/mol. The van der Waals surface area contributed by atoms with Crippen molar-refractivity contribution in [3.63, 3.8) is 0 Å². The summed E-state index contributed by atoms with van der Waals surface area (Å²) in [5.74, 6) is 0.524. The van der Waals surface area contributed by atoms with E-state index in [1.807, 2.05) is 0 Å². The van der Waals surface area contributed by atoms with Gasteiger partial charge in [-0.15, -0.1) is 0 Å². The lowest BCUT2D eigenvalue weighted by Crippen LogP contribution is -2.00. The molecule has 6 nitrogen and oxygen atoms in total. The Morgan fingerprint density at radius 1 is 1.19 bits per heavy atom. The van der Waals surface area contributed by atoms with Crippen LogP contribution in [-0.4, -0.2) is 26.3 Å². The second-order valence-electron chi connectivity index (χ2n) is 2.90. The summed E-state index contributed by atoms with van der Waals surface area (Å²) in [6.07, 6.45) is 0. The van der Waals surface area contributed by atoms with Gasteiger partial charge in [-0.1, -0.05) is 0 Å². The van der Waals surface area contributed by atoms with Crippen molar-refractivity contribution in [2.24, 2.45) is 0 Å². The minimum Gasteiger partial charge on any atom is -0.496 e. The molecule has 0 fully saturated rings. The zero-order valence-corrected chi connectivity index (χ0v) is 9.27. The molecular weight excluding hydrogens is 214 g/mol. The van der Waals surface area contributed by atoms with E-state index in [0.29, 0.717) is 5.56 Å². The van der Waals surface area contributed by atoms with Crippen LogP contribution in [0.15, 0.2) is 6.07 Å². The maximum atomic E-state index is 10.8. The Hall–Kier alpha value is -1.98. The van der Waals surface area contributed by atoms with E-state index in [2.05, 4.69) is 6.92 Å². The molecule has 16 heavy (non-hydrogen) atoms. The Morgan fingerprint density at radius 3 is 2.12 bits per heavy atom. The Labute approximate surface area is 92.9 Å². The Balaban J connectivity index is 3.56. The highest BCUT2D eigenvalue weighted by Gasteiger charge is 2.25. The van der Waals surface area contributed by atoms with Gasteiger partial charge in [0.05, 0.1) is 32.3 Å². The Morgan fingerprint density at radius 2 is 1.75 bits per heavy atom. The van der Waals surface area contributed by atoms with E-state index < -0.39 is 4.92 Å². The van der Waals surface area contributed by atoms with Crippen LogP contribution in [0.5, 0.6) is 17.2 Å². The van der Waals surface area contributed by atoms with Crippen molar-refractivity contribution >= 4 is 5.69 Å². The molecule has 0 aromatic heterocycles. The fraction of sp³-hybridized carbons (Fsp3) is 0.300. The Kier molecular flexibility index (Phi) is 3.55. The van der Waals surface area contributed by atoms with Crippen molar-refractivity contribution in [3.05, 3.63) is 28.7 Å². The third kappa shape index (κ3) is 1.86. The van der Waals surface area contributed by atoms with Gasteiger partial charge in [0.25, 0.3) is 0 Å². The number of nitrogens with zero attached hydrogens (tertiary/aromatic N) is 1. The molecule has 0 N–H and O–H groups in total. The molecule has 0 heterocycles. The van der Waals surface area contributed by atoms with E-state index in [-0.39, 0.29) is 22.9 Å². The molecule has 0 aliphatic rings. The SMILES string of the molecule is [CH2]c1c(OC)cc([N+](=O)[O-])c(OC)c1OC. The summed E-state index contributed by atoms with van der Waals surface area (Å²) in [6.45, 7) is 3.72. The maximum Gasteiger partial charge on any atom is 0.318 e. The average Bonchev–Trinajstić information content (AvgIpc) is 2.27. The topological polar surface area (TPSA) is 70.8 Å². The Bertz CT molecular complexity index is 416. The van der Waals surface area contributed by atoms with E-state index in [1.54, 1.807) is 0 Å². The van der Waals surface area contributed by atoms with E-state index in [9.17, 15) is 10.1 Å². The zero-order valence-electron chi connectivity index (χ0n) is 9.27. The molecule has 0 aliphatic heterocycles. The van der Waals surface area contributed by atoms with Crippen LogP contribution in [0.1, 0.15) is 5.56 Å². The quantitative estimate of drug-likeness (QED) is 0.578. The minimum absolute atomic E-state index is 0.0401. The zero-order chi connectivity index (χ0) is 12.3. The van der Waals surface area contributed by atoms with Crippen molar-refractivity contribution < 1.29 is 19.1 Å². The number of rotatable bonds is 4. The summed E-state index contributed by atoms with van der Waals surface area (Å²) in [5, 5.41) is 10.8. The van der Waals surface area contributed by atoms with Gasteiger partial charge in [0.2, 0.25) is 5.75 Å². The van der Waals surface area contributed by atoms with Crippen LogP contribution in [0.3, 0.4) is 0 Å². The van der Waals surface area contributed by atoms with Crippen molar-refractivity contribution in [2.75, 3.05) is 21.3 Å². The van der Waals surface area contributed by atoms with Crippen molar-refractivity contribution in [1.82, 2.24) is 0 Å². The molecule has 0 unspecified atom stereocenters. The highest BCUT2D eigenvalue weighted by molar-refractivity contribution is 5.65. The number of nitro groups is 1. The van der Waals surface area contributed by atoms with Crippen LogP contribution in [0.4, 0.5) is 5.69 Å². The smallest absolute Gasteiger partial charge is 0.318 e. The van der Waals surface area contributed by atoms with Crippen LogP contribution in [-0.2, 0) is 0 Å². The van der Waals surface area contributed by atoms with Gasteiger partial charge >= 0.3 is 5.69 Å². The summed E-state index contributed by atoms with van der Waals surface area (Å²) < 4.78 is 15.0. The molecule has 0 atom stereocenters. The standard InChI is InChI=1S/C10H12NO5/c1-6-8(14-2)5-7(11(12)13)10(16-4)9(6)15-3/h5H,1H2,2-4H3. The number of ether oxygens (including phenoxy) is 3. The van der Waals surface area contributed by atoms with Gasteiger partial charge in [-0.05, 0) is 6.92 Å². The summed E-state index contributed by atoms with van der Waals surface area (Å²) in [5.41, 5.74) is 0.191. The second-order valence-corrected chi connectivity index (χ2v) is 2.90. The second kappa shape index (κ2) is 4.69. The lowest BCUT2D eigenvalue weighted by atomic mass is 10.1. The van der Waals surface area contributed by atoms with Gasteiger partial charge in [-0.3, -0.25) is 10.1 Å². The van der Waals surface area contributed by atoms with Gasteiger partial charge in [0.15, 0.2) is 5.75 Å². The van der Waals surface area contributed by atoms with Crippen molar-refractivity contribution in [1.29, 1.82) is 0 Å². The summed E-state index contributed by atoms with van der Waals surface area (Å²) in [4.78, 5) is 10.3. The fourth-order valence-electron chi connectivity index (χ4n) is 1.37. The minimum atomic E-state index is -0.566. The molecule has 0 saturated carbocycles. The normalized spacial score (nSPS) is 9.75. The first-order valence-electron chi connectivity index (χ1n) is 4.36. The third-order valence-corrected chi connectivity index (χ3v) is 2.10. The highest BCUT2D eigenvalue weighted by Crippen LogP contribution is 2.44. The molecule has 87 valence electrons. The lowest BCUT2D eigenvalue weighted by Gasteiger charge is -2.13. The van der Waals surface area contributed by atoms with Crippen molar-refractivity contribution in [2.45, 2.75) is 0 Å². The largest absolute Gasteiger partial charge is 0.496 e. The summed E-state index contributed by atoms with van der Waals surface area (Å²) in [6, 6.07) is 1.25. The molecule has 1 aromatic rings. The number of hydrogen-bond donors (Lipinski definition) is 0. The van der Waals surface area contributed by atoms with Crippen LogP contribution < -0.4 is 14.2 Å². The van der Waals surface area contributed by atoms with Crippen LogP contribution in [0, 0.1) is 17.0 Å². The predicted octanol–water partition coefficient (Wildman–Crippen LogP) is 1.80. The summed E-state index contributed by atoms with van der Waals surface area (Å²) in [7, 11) is 4.12. The molecule has 1 rings (SSSR count). The molecular formula is C10H12NO5. The molecule has 6 heteroatoms. The van der Waals surface area contributed by atoms with E-state index in [1.165, 1.54) is 27.4 Å². The summed E-state index contributed by atoms with van der Waals surface area (Å²) >= 11 is 0. The van der Waals surface area contributed by atoms with E-state index in [4.69, 9.17) is 14.2 Å². The van der Waals surface area contributed by atoms with Gasteiger partial charge in [0.1, 0.15) is 5.75 Å². The molecule has 0 bridgehead atoms. The first-order chi connectivity index (χ1) is 7.56. The molecule has 0 saturated heterocycles. The number of methoxy groups -OCH3 is 3. The van der Waals surface area contributed by atoms with E-state index >= 15 is 0 Å².